The minimum Gasteiger partial charge on any atom is -0.447 e. The second-order valence-corrected chi connectivity index (χ2v) is 6.61. The molecule has 24 heavy (non-hydrogen) atoms. The summed E-state index contributed by atoms with van der Waals surface area (Å²) in [6.45, 7) is 0.453. The van der Waals surface area contributed by atoms with Crippen molar-refractivity contribution < 1.29 is 26.7 Å². The van der Waals surface area contributed by atoms with E-state index >= 15 is 0 Å². The fraction of sp³-hybridized carbons (Fsp3) is 0.133. The number of amides is 1. The molecule has 0 saturated carbocycles. The highest BCUT2D eigenvalue weighted by Gasteiger charge is 2.27. The molecule has 0 atom stereocenters. The zero-order chi connectivity index (χ0) is 17.3. The number of halogens is 2. The van der Waals surface area contributed by atoms with Crippen molar-refractivity contribution in [2.75, 3.05) is 22.8 Å². The lowest BCUT2D eigenvalue weighted by Gasteiger charge is -2.18. The maximum Gasteiger partial charge on any atom is 0.414 e. The van der Waals surface area contributed by atoms with Crippen LogP contribution < -0.4 is 9.62 Å². The summed E-state index contributed by atoms with van der Waals surface area (Å²) in [4.78, 5) is 12.2. The van der Waals surface area contributed by atoms with Gasteiger partial charge in [-0.05, 0) is 24.3 Å². The minimum atomic E-state index is -4.30. The number of nitrogens with one attached hydrogen (secondary N) is 1. The molecular formula is C15H12F2N2O4S. The summed E-state index contributed by atoms with van der Waals surface area (Å²) in [7, 11) is -4.30. The Morgan fingerprint density at radius 1 is 1.12 bits per heavy atom. The molecule has 1 fully saturated rings. The van der Waals surface area contributed by atoms with Crippen LogP contribution in [0.2, 0.25) is 0 Å². The van der Waals surface area contributed by atoms with Gasteiger partial charge in [0.25, 0.3) is 10.0 Å². The van der Waals surface area contributed by atoms with Gasteiger partial charge in [0.15, 0.2) is 0 Å². The third-order valence-corrected chi connectivity index (χ3v) is 4.78. The Kier molecular flexibility index (Phi) is 4.10. The molecule has 1 amide bonds. The smallest absolute Gasteiger partial charge is 0.414 e. The zero-order valence-corrected chi connectivity index (χ0v) is 13.0. The van der Waals surface area contributed by atoms with E-state index in [0.29, 0.717) is 6.07 Å². The van der Waals surface area contributed by atoms with Crippen LogP contribution in [0.15, 0.2) is 47.4 Å². The highest BCUT2D eigenvalue weighted by atomic mass is 32.2. The van der Waals surface area contributed by atoms with Crippen molar-refractivity contribution in [1.82, 2.24) is 0 Å². The van der Waals surface area contributed by atoms with Gasteiger partial charge in [0, 0.05) is 6.07 Å². The molecule has 1 aliphatic rings. The second-order valence-electron chi connectivity index (χ2n) is 4.96. The van der Waals surface area contributed by atoms with Crippen molar-refractivity contribution in [3.8, 4) is 0 Å². The standard InChI is InChI=1S/C15H12F2N2O4S/c16-10-5-6-14(11(17)9-10)24(21,22)18-12-3-1-2-4-13(12)19-7-8-23-15(19)20/h1-6,9,18H,7-8H2. The molecule has 3 rings (SSSR count). The molecule has 1 heterocycles. The van der Waals surface area contributed by atoms with Crippen molar-refractivity contribution in [3.05, 3.63) is 54.1 Å². The van der Waals surface area contributed by atoms with E-state index in [9.17, 15) is 22.0 Å². The third-order valence-electron chi connectivity index (χ3n) is 3.38. The van der Waals surface area contributed by atoms with Crippen LogP contribution in [-0.4, -0.2) is 27.7 Å². The number of para-hydroxylation sites is 2. The summed E-state index contributed by atoms with van der Waals surface area (Å²) in [6.07, 6.45) is -0.602. The topological polar surface area (TPSA) is 75.7 Å². The first-order valence-corrected chi connectivity index (χ1v) is 8.38. The van der Waals surface area contributed by atoms with Crippen molar-refractivity contribution in [1.29, 1.82) is 0 Å². The number of carbonyl (C=O) groups excluding carboxylic acids is 1. The largest absolute Gasteiger partial charge is 0.447 e. The Morgan fingerprint density at radius 2 is 1.88 bits per heavy atom. The van der Waals surface area contributed by atoms with Crippen LogP contribution >= 0.6 is 0 Å². The highest BCUT2D eigenvalue weighted by Crippen LogP contribution is 2.30. The number of anilines is 2. The number of sulfonamides is 1. The van der Waals surface area contributed by atoms with Crippen molar-refractivity contribution in [3.63, 3.8) is 0 Å². The Morgan fingerprint density at radius 3 is 2.54 bits per heavy atom. The normalized spacial score (nSPS) is 14.6. The average molecular weight is 354 g/mol. The Labute approximate surface area is 136 Å². The average Bonchev–Trinajstić information content (AvgIpc) is 2.93. The quantitative estimate of drug-likeness (QED) is 0.916. The number of ether oxygens (including phenoxy) is 1. The lowest BCUT2D eigenvalue weighted by atomic mass is 10.2. The van der Waals surface area contributed by atoms with Crippen molar-refractivity contribution >= 4 is 27.5 Å². The number of benzene rings is 2. The molecule has 2 aromatic rings. The summed E-state index contributed by atoms with van der Waals surface area (Å²) in [5, 5.41) is 0. The van der Waals surface area contributed by atoms with E-state index in [1.807, 2.05) is 0 Å². The summed E-state index contributed by atoms with van der Waals surface area (Å²) < 4.78 is 58.5. The fourth-order valence-electron chi connectivity index (χ4n) is 2.30. The molecule has 126 valence electrons. The van der Waals surface area contributed by atoms with E-state index in [1.54, 1.807) is 12.1 Å². The Hall–Kier alpha value is -2.68. The van der Waals surface area contributed by atoms with Gasteiger partial charge in [-0.2, -0.15) is 0 Å². The Bertz CT molecular complexity index is 902. The van der Waals surface area contributed by atoms with E-state index < -0.39 is 32.6 Å². The van der Waals surface area contributed by atoms with Gasteiger partial charge in [0.1, 0.15) is 23.1 Å². The molecular weight excluding hydrogens is 342 g/mol. The first-order valence-electron chi connectivity index (χ1n) is 6.90. The molecule has 6 nitrogen and oxygen atoms in total. The van der Waals surface area contributed by atoms with Gasteiger partial charge >= 0.3 is 6.09 Å². The highest BCUT2D eigenvalue weighted by molar-refractivity contribution is 7.92. The predicted octanol–water partition coefficient (Wildman–Crippen LogP) is 2.72. The van der Waals surface area contributed by atoms with E-state index in [4.69, 9.17) is 4.74 Å². The number of nitrogens with zero attached hydrogens (tertiary/aromatic N) is 1. The molecule has 1 aliphatic heterocycles. The summed E-state index contributed by atoms with van der Waals surface area (Å²) in [5.74, 6) is -2.09. The Balaban J connectivity index is 1.97. The van der Waals surface area contributed by atoms with Gasteiger partial charge in [0.2, 0.25) is 0 Å². The van der Waals surface area contributed by atoms with Gasteiger partial charge in [-0.1, -0.05) is 12.1 Å². The predicted molar refractivity (Wildman–Crippen MR) is 82.3 cm³/mol. The van der Waals surface area contributed by atoms with Gasteiger partial charge in [-0.25, -0.2) is 22.0 Å². The number of hydrogen-bond acceptors (Lipinski definition) is 4. The fourth-order valence-corrected chi connectivity index (χ4v) is 3.44. The molecule has 1 saturated heterocycles. The van der Waals surface area contributed by atoms with Crippen LogP contribution in [-0.2, 0) is 14.8 Å². The number of cyclic esters (lactones) is 1. The van der Waals surface area contributed by atoms with Gasteiger partial charge in [-0.3, -0.25) is 9.62 Å². The van der Waals surface area contributed by atoms with Crippen LogP contribution in [0.5, 0.6) is 0 Å². The molecule has 1 N–H and O–H groups in total. The van der Waals surface area contributed by atoms with Crippen LogP contribution in [0.25, 0.3) is 0 Å². The maximum atomic E-state index is 13.8. The van der Waals surface area contributed by atoms with Crippen molar-refractivity contribution in [2.24, 2.45) is 0 Å². The van der Waals surface area contributed by atoms with E-state index in [-0.39, 0.29) is 24.5 Å². The lowest BCUT2D eigenvalue weighted by molar-refractivity contribution is 0.181. The van der Waals surface area contributed by atoms with Gasteiger partial charge < -0.3 is 4.74 Å². The van der Waals surface area contributed by atoms with Gasteiger partial charge in [-0.15, -0.1) is 0 Å². The molecule has 0 bridgehead atoms. The minimum absolute atomic E-state index is 0.0834. The van der Waals surface area contributed by atoms with Crippen molar-refractivity contribution in [2.45, 2.75) is 4.90 Å². The van der Waals surface area contributed by atoms with Crippen LogP contribution in [0, 0.1) is 11.6 Å². The SMILES string of the molecule is O=C1OCCN1c1ccccc1NS(=O)(=O)c1ccc(F)cc1F. The van der Waals surface area contributed by atoms with E-state index in [1.165, 1.54) is 17.0 Å². The summed E-state index contributed by atoms with van der Waals surface area (Å²) in [5.41, 5.74) is 0.367. The molecule has 0 spiro atoms. The van der Waals surface area contributed by atoms with E-state index in [2.05, 4.69) is 4.72 Å². The van der Waals surface area contributed by atoms with E-state index in [0.717, 1.165) is 12.1 Å². The van der Waals surface area contributed by atoms with Crippen LogP contribution in [0.1, 0.15) is 0 Å². The molecule has 0 unspecified atom stereocenters. The summed E-state index contributed by atoms with van der Waals surface area (Å²) >= 11 is 0. The molecule has 2 aromatic carbocycles. The molecule has 9 heteroatoms. The molecule has 0 aromatic heterocycles. The first kappa shape index (κ1) is 16.2. The van der Waals surface area contributed by atoms with Gasteiger partial charge in [0.05, 0.1) is 17.9 Å². The number of carbonyl (C=O) groups is 1. The second kappa shape index (κ2) is 6.08. The monoisotopic (exact) mass is 354 g/mol. The number of hydrogen-bond donors (Lipinski definition) is 1. The first-order chi connectivity index (χ1) is 11.4. The van der Waals surface area contributed by atoms with Crippen LogP contribution in [0.4, 0.5) is 25.0 Å². The molecule has 0 radical (unpaired) electrons. The third kappa shape index (κ3) is 3.02. The van der Waals surface area contributed by atoms with Crippen LogP contribution in [0.3, 0.4) is 0 Å². The maximum absolute atomic E-state index is 13.8. The molecule has 0 aliphatic carbocycles. The lowest BCUT2D eigenvalue weighted by Crippen LogP contribution is -2.25. The number of rotatable bonds is 4. The zero-order valence-electron chi connectivity index (χ0n) is 12.2. The summed E-state index contributed by atoms with van der Waals surface area (Å²) in [6, 6.07) is 8.31.